The molecule has 8 fully saturated rings. The van der Waals surface area contributed by atoms with Crippen LogP contribution in [0.15, 0.2) is 0 Å². The van der Waals surface area contributed by atoms with Crippen LogP contribution in [0.3, 0.4) is 0 Å². The Balaban J connectivity index is 0.874. The third-order valence-corrected chi connectivity index (χ3v) is 24.9. The Hall–Kier alpha value is -0.520. The van der Waals surface area contributed by atoms with E-state index >= 15 is 0 Å². The van der Waals surface area contributed by atoms with Crippen LogP contribution >= 0.6 is 0 Å². The first-order valence-electron chi connectivity index (χ1n) is 33.8. The lowest BCUT2D eigenvalue weighted by molar-refractivity contribution is -0.227. The highest BCUT2D eigenvalue weighted by Crippen LogP contribution is 2.71. The molecule has 0 bridgehead atoms. The van der Waals surface area contributed by atoms with Gasteiger partial charge in [0.1, 0.15) is 0 Å². The lowest BCUT2D eigenvalue weighted by atomic mass is 9.43. The van der Waals surface area contributed by atoms with Crippen LogP contribution < -0.4 is 34.4 Å². The maximum Gasteiger partial charge on any atom is 0.0637 e. The van der Waals surface area contributed by atoms with Gasteiger partial charge in [0.05, 0.1) is 36.6 Å². The molecule has 79 heavy (non-hydrogen) atoms. The molecule has 8 rings (SSSR count). The molecule has 8 aliphatic carbocycles. The van der Waals surface area contributed by atoms with Gasteiger partial charge in [-0.1, -0.05) is 41.5 Å². The van der Waals surface area contributed by atoms with Crippen molar-refractivity contribution < 1.29 is 33.2 Å². The van der Waals surface area contributed by atoms with E-state index < -0.39 is 0 Å². The molecule has 0 aromatic heterocycles. The first kappa shape index (κ1) is 64.5. The zero-order chi connectivity index (χ0) is 56.2. The van der Waals surface area contributed by atoms with Gasteiger partial charge in [0.2, 0.25) is 0 Å². The van der Waals surface area contributed by atoms with Crippen molar-refractivity contribution in [3.63, 3.8) is 0 Å². The summed E-state index contributed by atoms with van der Waals surface area (Å²) in [5.41, 5.74) is 36.9. The molecule has 0 aromatic carbocycles. The fourth-order valence-electron chi connectivity index (χ4n) is 20.7. The molecule has 0 saturated heterocycles. The summed E-state index contributed by atoms with van der Waals surface area (Å²) in [4.78, 5) is 0. The molecule has 12 N–H and O–H groups in total. The molecule has 8 saturated carbocycles. The first-order valence-corrected chi connectivity index (χ1v) is 33.8. The van der Waals surface area contributed by atoms with E-state index in [1.165, 1.54) is 51.4 Å². The van der Waals surface area contributed by atoms with Crippen molar-refractivity contribution in [2.24, 2.45) is 127 Å². The van der Waals surface area contributed by atoms with E-state index in [9.17, 15) is 0 Å². The minimum absolute atomic E-state index is 0.103. The highest BCUT2D eigenvalue weighted by Gasteiger charge is 2.68. The van der Waals surface area contributed by atoms with Crippen molar-refractivity contribution in [1.29, 1.82) is 0 Å². The lowest BCUT2D eigenvalue weighted by Gasteiger charge is -2.65. The highest BCUT2D eigenvalue weighted by atomic mass is 16.5. The fourth-order valence-corrected chi connectivity index (χ4v) is 20.7. The van der Waals surface area contributed by atoms with Gasteiger partial charge in [0, 0.05) is 63.7 Å². The van der Waals surface area contributed by atoms with Gasteiger partial charge < -0.3 is 67.6 Å². The van der Waals surface area contributed by atoms with E-state index in [4.69, 9.17) is 67.6 Å². The van der Waals surface area contributed by atoms with Gasteiger partial charge in [0.15, 0.2) is 0 Å². The molecular formula is C66H124N6O7. The molecule has 0 aromatic rings. The van der Waals surface area contributed by atoms with Crippen LogP contribution in [0.1, 0.15) is 196 Å². The Labute approximate surface area is 482 Å². The smallest absolute Gasteiger partial charge is 0.0637 e. The summed E-state index contributed by atoms with van der Waals surface area (Å²) in [7, 11) is 0. The summed E-state index contributed by atoms with van der Waals surface area (Å²) in [5, 5.41) is 0. The molecule has 13 nitrogen and oxygen atoms in total. The number of nitrogens with two attached hydrogens (primary N) is 6. The van der Waals surface area contributed by atoms with E-state index in [2.05, 4.69) is 41.5 Å². The topological polar surface area (TPSA) is 221 Å². The average Bonchev–Trinajstić information content (AvgIpc) is 4.19. The molecule has 4 unspecified atom stereocenters. The van der Waals surface area contributed by atoms with Gasteiger partial charge in [0.25, 0.3) is 0 Å². The second kappa shape index (κ2) is 30.2. The standard InChI is InChI=1S/C66H124N6O7/c1-45(51-17-19-53-61-55(43-59(65(51,53)5)78-37-13-29-71)63(3)23-21-49(74-33-9-25-67)39-47(63)41-57(61)76-35-11-27-69)15-7-31-73-32-8-16-46(2)52-18-20-54-62-56(44-60(66(52,54)6)79-38-14-30-72)64(4)24-22-50(75-34-10-26-68)40-48(64)42-58(62)77-36-12-28-70/h45-62H,7-44,67-72H2,1-6H3/t45-,46-,47?,48?,49-,50-,51-,52-,53+,54+,55+,56+,57-,58-,59+,60+,61?,62?,63+,64+,65-,66-/m1/s1. The number of rotatable bonds is 34. The first-order chi connectivity index (χ1) is 38.3. The SMILES string of the molecule is C[C@H](CCCOCCC[C@@H](C)[C@H]1CC[C@H]2C3[C@H](OCCCN)CC4C[C@H](OCCCN)CC[C@]4(C)[C@H]3C[C@H](OCCCN)[C@]12C)[C@H]1CC[C@H]2C3[C@H](OCCCN)CC4C[C@H](OCCCN)CC[C@]4(C)[C@H]3C[C@H](OCCCN)[C@]12C. The Kier molecular flexibility index (Phi) is 24.7. The molecule has 13 heteroatoms. The summed E-state index contributed by atoms with van der Waals surface area (Å²) >= 11 is 0. The molecule has 0 heterocycles. The average molecular weight is 1110 g/mol. The second-order valence-electron chi connectivity index (χ2n) is 28.8. The Morgan fingerprint density at radius 1 is 0.380 bits per heavy atom. The Morgan fingerprint density at radius 2 is 0.734 bits per heavy atom. The van der Waals surface area contributed by atoms with E-state index in [1.54, 1.807) is 0 Å². The Morgan fingerprint density at radius 3 is 1.10 bits per heavy atom. The molecular weight excluding hydrogens is 989 g/mol. The van der Waals surface area contributed by atoms with Crippen molar-refractivity contribution in [3.8, 4) is 0 Å². The summed E-state index contributed by atoms with van der Waals surface area (Å²) in [6.07, 6.45) is 28.5. The van der Waals surface area contributed by atoms with Gasteiger partial charge >= 0.3 is 0 Å². The number of fused-ring (bicyclic) bond motifs is 10. The van der Waals surface area contributed by atoms with Crippen LogP contribution in [0, 0.1) is 92.7 Å². The van der Waals surface area contributed by atoms with E-state index in [1.807, 2.05) is 0 Å². The van der Waals surface area contributed by atoms with Crippen LogP contribution in [-0.4, -0.2) is 129 Å². The van der Waals surface area contributed by atoms with Crippen LogP contribution in [0.4, 0.5) is 0 Å². The summed E-state index contributed by atoms with van der Waals surface area (Å²) in [6, 6.07) is 0. The second-order valence-corrected chi connectivity index (χ2v) is 28.8. The zero-order valence-electron chi connectivity index (χ0n) is 51.6. The van der Waals surface area contributed by atoms with Crippen LogP contribution in [0.5, 0.6) is 0 Å². The van der Waals surface area contributed by atoms with E-state index in [0.29, 0.717) is 122 Å². The summed E-state index contributed by atoms with van der Waals surface area (Å²) in [5.74, 6) is 7.07. The molecule has 0 spiro atoms. The number of hydrogen-bond donors (Lipinski definition) is 6. The normalized spacial score (nSPS) is 42.4. The molecule has 22 atom stereocenters. The molecule has 0 amide bonds. The van der Waals surface area contributed by atoms with E-state index in [0.717, 1.165) is 156 Å². The Bertz CT molecular complexity index is 1650. The molecule has 0 aliphatic heterocycles. The van der Waals surface area contributed by atoms with Crippen LogP contribution in [-0.2, 0) is 33.2 Å². The highest BCUT2D eigenvalue weighted by molar-refractivity contribution is 5.17. The quantitative estimate of drug-likeness (QED) is 0.0331. The molecule has 0 radical (unpaired) electrons. The lowest BCUT2D eigenvalue weighted by Crippen LogP contribution is -2.63. The van der Waals surface area contributed by atoms with E-state index in [-0.39, 0.29) is 46.1 Å². The van der Waals surface area contributed by atoms with Crippen molar-refractivity contribution in [2.45, 2.75) is 232 Å². The maximum atomic E-state index is 7.16. The fraction of sp³-hybridized carbons (Fsp3) is 1.00. The van der Waals surface area contributed by atoms with Crippen LogP contribution in [0.25, 0.3) is 0 Å². The largest absolute Gasteiger partial charge is 0.381 e. The zero-order valence-corrected chi connectivity index (χ0v) is 51.6. The maximum absolute atomic E-state index is 7.16. The van der Waals surface area contributed by atoms with Gasteiger partial charge in [-0.15, -0.1) is 0 Å². The predicted molar refractivity (Wildman–Crippen MR) is 320 cm³/mol. The number of hydrogen-bond acceptors (Lipinski definition) is 13. The van der Waals surface area contributed by atoms with Crippen molar-refractivity contribution >= 4 is 0 Å². The third-order valence-electron chi connectivity index (χ3n) is 24.9. The molecule has 8 aliphatic rings. The van der Waals surface area contributed by atoms with Gasteiger partial charge in [-0.05, 0) is 275 Å². The van der Waals surface area contributed by atoms with Gasteiger partial charge in [-0.2, -0.15) is 0 Å². The van der Waals surface area contributed by atoms with Crippen molar-refractivity contribution in [2.75, 3.05) is 92.1 Å². The summed E-state index contributed by atoms with van der Waals surface area (Å²) < 4.78 is 48.0. The predicted octanol–water partition coefficient (Wildman–Crippen LogP) is 10.00. The van der Waals surface area contributed by atoms with Gasteiger partial charge in [-0.25, -0.2) is 0 Å². The summed E-state index contributed by atoms with van der Waals surface area (Å²) in [6.45, 7) is 26.1. The minimum atomic E-state index is 0.103. The molecule has 460 valence electrons. The van der Waals surface area contributed by atoms with Crippen molar-refractivity contribution in [3.05, 3.63) is 0 Å². The monoisotopic (exact) mass is 1110 g/mol. The van der Waals surface area contributed by atoms with Crippen LogP contribution in [0.2, 0.25) is 0 Å². The minimum Gasteiger partial charge on any atom is -0.381 e. The third kappa shape index (κ3) is 14.0. The van der Waals surface area contributed by atoms with Gasteiger partial charge in [-0.3, -0.25) is 0 Å². The number of ether oxygens (including phenoxy) is 7. The van der Waals surface area contributed by atoms with Crippen molar-refractivity contribution in [1.82, 2.24) is 0 Å².